The van der Waals surface area contributed by atoms with Crippen molar-refractivity contribution in [2.75, 3.05) is 26.3 Å². The van der Waals surface area contributed by atoms with Gasteiger partial charge in [-0.3, -0.25) is 9.69 Å². The molecule has 36 heavy (non-hydrogen) atoms. The summed E-state index contributed by atoms with van der Waals surface area (Å²) in [4.78, 5) is 14.4. The Morgan fingerprint density at radius 2 is 1.72 bits per heavy atom. The Hall–Kier alpha value is -2.88. The monoisotopic (exact) mass is 504 g/mol. The van der Waals surface area contributed by atoms with Gasteiger partial charge >= 0.3 is 6.18 Å². The maximum absolute atomic E-state index is 14.4. The molecule has 2 N–H and O–H groups in total. The van der Waals surface area contributed by atoms with Crippen molar-refractivity contribution in [3.63, 3.8) is 0 Å². The number of nitrogens with zero attached hydrogens (tertiary/aromatic N) is 2. The quantitative estimate of drug-likeness (QED) is 0.505. The lowest BCUT2D eigenvalue weighted by atomic mass is 9.74. The molecule has 0 spiro atoms. The minimum Gasteiger partial charge on any atom is -0.508 e. The number of para-hydroxylation sites is 1. The molecule has 194 valence electrons. The van der Waals surface area contributed by atoms with E-state index < -0.39 is 30.2 Å². The summed E-state index contributed by atoms with van der Waals surface area (Å²) in [6.45, 7) is 5.70. The largest absolute Gasteiger partial charge is 0.508 e. The lowest BCUT2D eigenvalue weighted by molar-refractivity contribution is -0.271. The topological polar surface area (TPSA) is 74.9 Å². The van der Waals surface area contributed by atoms with Gasteiger partial charge in [0.25, 0.3) is 0 Å². The summed E-state index contributed by atoms with van der Waals surface area (Å²) in [6, 6.07) is 12.5. The van der Waals surface area contributed by atoms with Crippen LogP contribution in [0.5, 0.6) is 5.75 Å². The molecular weight excluding hydrogens is 473 g/mol. The van der Waals surface area contributed by atoms with E-state index >= 15 is 0 Å². The number of halogens is 3. The molecule has 1 aromatic heterocycles. The van der Waals surface area contributed by atoms with Crippen molar-refractivity contribution >= 4 is 10.9 Å². The van der Waals surface area contributed by atoms with Crippen LogP contribution < -0.4 is 5.43 Å². The number of fused-ring (bicyclic) bond motifs is 1. The van der Waals surface area contributed by atoms with Crippen LogP contribution in [0, 0.1) is 0 Å². The number of ether oxygens (including phenoxy) is 1. The molecule has 1 saturated heterocycles. The van der Waals surface area contributed by atoms with Crippen LogP contribution >= 0.6 is 0 Å². The second kappa shape index (κ2) is 9.88. The fraction of sp³-hybridized carbons (Fsp3) is 0.444. The predicted octanol–water partition coefficient (Wildman–Crippen LogP) is 4.20. The van der Waals surface area contributed by atoms with Crippen molar-refractivity contribution < 1.29 is 28.1 Å². The fourth-order valence-electron chi connectivity index (χ4n) is 4.99. The van der Waals surface area contributed by atoms with Crippen molar-refractivity contribution in [2.45, 2.75) is 50.6 Å². The van der Waals surface area contributed by atoms with Crippen LogP contribution in [0.3, 0.4) is 0 Å². The number of benzene rings is 2. The van der Waals surface area contributed by atoms with Gasteiger partial charge in [-0.2, -0.15) is 13.2 Å². The first kappa shape index (κ1) is 26.2. The molecule has 0 amide bonds. The highest BCUT2D eigenvalue weighted by Gasteiger charge is 2.56. The minimum absolute atomic E-state index is 0.121. The van der Waals surface area contributed by atoms with Gasteiger partial charge in [-0.25, -0.2) is 0 Å². The fourth-order valence-corrected chi connectivity index (χ4v) is 4.99. The van der Waals surface area contributed by atoms with Crippen molar-refractivity contribution in [1.82, 2.24) is 9.47 Å². The van der Waals surface area contributed by atoms with Crippen LogP contribution in [0.25, 0.3) is 10.9 Å². The third-order valence-corrected chi connectivity index (χ3v) is 6.88. The maximum Gasteiger partial charge on any atom is 0.418 e. The number of aromatic hydroxyl groups is 1. The zero-order valence-electron chi connectivity index (χ0n) is 20.4. The summed E-state index contributed by atoms with van der Waals surface area (Å²) in [5, 5.41) is 22.0. The van der Waals surface area contributed by atoms with Crippen LogP contribution in [0.1, 0.15) is 31.4 Å². The zero-order valence-corrected chi connectivity index (χ0v) is 20.4. The molecule has 1 unspecified atom stereocenters. The minimum atomic E-state index is -4.96. The Kier molecular flexibility index (Phi) is 7.19. The Morgan fingerprint density at radius 1 is 1.03 bits per heavy atom. The van der Waals surface area contributed by atoms with Crippen molar-refractivity contribution in [3.05, 3.63) is 76.1 Å². The lowest BCUT2D eigenvalue weighted by Gasteiger charge is -2.39. The number of alkyl halides is 3. The van der Waals surface area contributed by atoms with Gasteiger partial charge in [0.05, 0.1) is 25.3 Å². The molecule has 1 atom stereocenters. The molecule has 0 saturated carbocycles. The number of aromatic nitrogens is 1. The highest BCUT2D eigenvalue weighted by molar-refractivity contribution is 5.78. The van der Waals surface area contributed by atoms with E-state index in [2.05, 4.69) is 4.90 Å². The summed E-state index contributed by atoms with van der Waals surface area (Å²) < 4.78 is 49.8. The van der Waals surface area contributed by atoms with Crippen LogP contribution in [0.15, 0.2) is 59.5 Å². The molecule has 2 heterocycles. The van der Waals surface area contributed by atoms with E-state index in [0.717, 1.165) is 18.7 Å². The van der Waals surface area contributed by atoms with Crippen LogP contribution in [-0.4, -0.2) is 57.8 Å². The number of phenols is 1. The van der Waals surface area contributed by atoms with Crippen molar-refractivity contribution in [2.24, 2.45) is 0 Å². The second-order valence-electron chi connectivity index (χ2n) is 10.2. The molecule has 2 aromatic carbocycles. The van der Waals surface area contributed by atoms with E-state index in [1.807, 2.05) is 0 Å². The molecule has 0 aliphatic carbocycles. The predicted molar refractivity (Wildman–Crippen MR) is 131 cm³/mol. The summed E-state index contributed by atoms with van der Waals surface area (Å²) in [5.41, 5.74) is -3.16. The zero-order chi connectivity index (χ0) is 26.1. The Balaban J connectivity index is 1.67. The van der Waals surface area contributed by atoms with E-state index in [1.54, 1.807) is 50.2 Å². The molecule has 1 aliphatic rings. The number of phenolic OH excluding ortho intramolecular Hbond substituents is 1. The van der Waals surface area contributed by atoms with Crippen LogP contribution in [-0.2, 0) is 23.2 Å². The maximum atomic E-state index is 14.4. The Morgan fingerprint density at radius 3 is 2.42 bits per heavy atom. The average Bonchev–Trinajstić information content (AvgIpc) is 2.82. The number of rotatable bonds is 7. The van der Waals surface area contributed by atoms with Gasteiger partial charge in [0.15, 0.2) is 11.0 Å². The number of aliphatic hydroxyl groups is 1. The van der Waals surface area contributed by atoms with E-state index in [1.165, 1.54) is 22.9 Å². The van der Waals surface area contributed by atoms with Gasteiger partial charge in [0.1, 0.15) is 5.75 Å². The standard InChI is InChI=1S/C27H31F3N2O4/c1-25(2,21-15-19(7-8-24(21)34)16-31-11-13-36-14-12-31)17-26(35,27(28,29)30)18-32-10-9-23(33)20-5-3-4-6-22(20)32/h3-10,15,34-35H,11-14,16-18H2,1-2H3. The molecule has 1 aliphatic heterocycles. The lowest BCUT2D eigenvalue weighted by Crippen LogP contribution is -2.52. The molecule has 4 rings (SSSR count). The third kappa shape index (κ3) is 5.43. The molecule has 1 fully saturated rings. The van der Waals surface area contributed by atoms with Gasteiger partial charge in [0.2, 0.25) is 0 Å². The average molecular weight is 505 g/mol. The van der Waals surface area contributed by atoms with Crippen molar-refractivity contribution in [1.29, 1.82) is 0 Å². The van der Waals surface area contributed by atoms with Gasteiger partial charge in [0, 0.05) is 37.3 Å². The van der Waals surface area contributed by atoms with Crippen LogP contribution in [0.4, 0.5) is 13.2 Å². The summed E-state index contributed by atoms with van der Waals surface area (Å²) in [7, 11) is 0. The normalized spacial score (nSPS) is 17.3. The van der Waals surface area contributed by atoms with E-state index in [9.17, 15) is 28.2 Å². The van der Waals surface area contributed by atoms with Crippen LogP contribution in [0.2, 0.25) is 0 Å². The second-order valence-corrected chi connectivity index (χ2v) is 10.2. The van der Waals surface area contributed by atoms with Gasteiger partial charge < -0.3 is 19.5 Å². The number of pyridine rings is 1. The number of morpholine rings is 1. The molecular formula is C27H31F3N2O4. The van der Waals surface area contributed by atoms with Gasteiger partial charge in [-0.05, 0) is 41.2 Å². The molecule has 0 radical (unpaired) electrons. The molecule has 3 aromatic rings. The summed E-state index contributed by atoms with van der Waals surface area (Å²) >= 11 is 0. The summed E-state index contributed by atoms with van der Waals surface area (Å²) in [6.07, 6.45) is -4.39. The molecule has 6 nitrogen and oxygen atoms in total. The number of hydrogen-bond donors (Lipinski definition) is 2. The smallest absolute Gasteiger partial charge is 0.418 e. The molecule has 0 bridgehead atoms. The summed E-state index contributed by atoms with van der Waals surface area (Å²) in [5.74, 6) is -0.121. The first-order chi connectivity index (χ1) is 16.9. The van der Waals surface area contributed by atoms with Gasteiger partial charge in [-0.15, -0.1) is 0 Å². The third-order valence-electron chi connectivity index (χ3n) is 6.88. The van der Waals surface area contributed by atoms with Gasteiger partial charge in [-0.1, -0.05) is 38.1 Å². The van der Waals surface area contributed by atoms with Crippen molar-refractivity contribution in [3.8, 4) is 5.75 Å². The van der Waals surface area contributed by atoms with E-state index in [0.29, 0.717) is 30.8 Å². The number of hydrogen-bond acceptors (Lipinski definition) is 5. The van der Waals surface area contributed by atoms with E-state index in [4.69, 9.17) is 4.74 Å². The first-order valence-electron chi connectivity index (χ1n) is 11.9. The van der Waals surface area contributed by atoms with E-state index in [-0.39, 0.29) is 16.6 Å². The molecule has 9 heteroatoms. The first-order valence-corrected chi connectivity index (χ1v) is 11.9. The highest BCUT2D eigenvalue weighted by atomic mass is 19.4. The SMILES string of the molecule is CC(C)(CC(O)(Cn1ccc(=O)c2ccccc21)C(F)(F)F)c1cc(CN2CCOCC2)ccc1O. The Labute approximate surface area is 207 Å². The Bertz CT molecular complexity index is 1280. The highest BCUT2D eigenvalue weighted by Crippen LogP contribution is 2.44.